The summed E-state index contributed by atoms with van der Waals surface area (Å²) in [4.78, 5) is 8.99. The van der Waals surface area contributed by atoms with Crippen molar-refractivity contribution in [3.8, 4) is 0 Å². The van der Waals surface area contributed by atoms with Crippen LogP contribution in [0.15, 0.2) is 33.5 Å². The van der Waals surface area contributed by atoms with Gasteiger partial charge in [-0.25, -0.2) is 0 Å². The van der Waals surface area contributed by atoms with Gasteiger partial charge in [0.1, 0.15) is 0 Å². The summed E-state index contributed by atoms with van der Waals surface area (Å²) >= 11 is 0. The second kappa shape index (κ2) is 7.69. The van der Waals surface area contributed by atoms with E-state index < -0.39 is 0 Å². The third-order valence-electron chi connectivity index (χ3n) is 2.60. The number of hydrogen-bond acceptors (Lipinski definition) is 4. The fraction of sp³-hybridized carbons (Fsp3) is 0.571. The van der Waals surface area contributed by atoms with Crippen LogP contribution in [0.1, 0.15) is 27.7 Å². The van der Waals surface area contributed by atoms with Gasteiger partial charge in [-0.05, 0) is 39.8 Å². The van der Waals surface area contributed by atoms with Gasteiger partial charge < -0.3 is 10.6 Å². The first-order valence-corrected chi connectivity index (χ1v) is 6.44. The van der Waals surface area contributed by atoms with Gasteiger partial charge in [-0.1, -0.05) is 0 Å². The van der Waals surface area contributed by atoms with Gasteiger partial charge in [0.05, 0.1) is 13.1 Å². The predicted molar refractivity (Wildman–Crippen MR) is 79.5 cm³/mol. The minimum atomic E-state index is 0.789. The maximum absolute atomic E-state index is 4.50. The van der Waals surface area contributed by atoms with E-state index in [0.717, 1.165) is 49.0 Å². The second-order valence-corrected chi connectivity index (χ2v) is 4.55. The number of rotatable bonds is 0. The van der Waals surface area contributed by atoms with Crippen molar-refractivity contribution in [3.63, 3.8) is 0 Å². The van der Waals surface area contributed by atoms with Crippen molar-refractivity contribution in [2.45, 2.75) is 27.7 Å². The van der Waals surface area contributed by atoms with Gasteiger partial charge in [-0.3, -0.25) is 9.98 Å². The van der Waals surface area contributed by atoms with Crippen LogP contribution >= 0.6 is 0 Å². The van der Waals surface area contributed by atoms with E-state index >= 15 is 0 Å². The molecular formula is C14H24N4. The van der Waals surface area contributed by atoms with Crippen LogP contribution in [-0.4, -0.2) is 37.6 Å². The molecule has 0 aromatic carbocycles. The van der Waals surface area contributed by atoms with Crippen LogP contribution in [0.25, 0.3) is 0 Å². The Hall–Kier alpha value is -1.58. The SMILES string of the molecule is CC1=NCCN/C(C)=C\C(C)=NCCN/C(C)=C\1. The molecule has 0 aromatic rings. The maximum atomic E-state index is 4.50. The fourth-order valence-electron chi connectivity index (χ4n) is 1.79. The topological polar surface area (TPSA) is 48.8 Å². The van der Waals surface area contributed by atoms with Crippen molar-refractivity contribution < 1.29 is 0 Å². The standard InChI is InChI=1S/C14H24N4/c1-11-9-12(2)16-7-8-18-14(4)10-13(3)17-6-5-15-11/h9-10,15,18H,5-8H2,1-4H3/b11-9-,14-10-,16-12?,17-13?. The first-order valence-electron chi connectivity index (χ1n) is 6.44. The molecule has 0 radical (unpaired) electrons. The Balaban J connectivity index is 2.72. The van der Waals surface area contributed by atoms with E-state index in [0.29, 0.717) is 0 Å². The normalized spacial score (nSPS) is 25.1. The Bertz CT molecular complexity index is 351. The Morgan fingerprint density at radius 1 is 0.778 bits per heavy atom. The largest absolute Gasteiger partial charge is 0.387 e. The molecule has 1 heterocycles. The Kier molecular flexibility index (Phi) is 6.19. The van der Waals surface area contributed by atoms with E-state index in [1.54, 1.807) is 0 Å². The Morgan fingerprint density at radius 3 is 1.56 bits per heavy atom. The molecule has 0 aliphatic carbocycles. The summed E-state index contributed by atoms with van der Waals surface area (Å²) in [7, 11) is 0. The highest BCUT2D eigenvalue weighted by atomic mass is 14.9. The molecule has 18 heavy (non-hydrogen) atoms. The van der Waals surface area contributed by atoms with Gasteiger partial charge in [0, 0.05) is 35.9 Å². The van der Waals surface area contributed by atoms with Crippen molar-refractivity contribution in [3.05, 3.63) is 23.5 Å². The Labute approximate surface area is 110 Å². The monoisotopic (exact) mass is 248 g/mol. The van der Waals surface area contributed by atoms with Crippen molar-refractivity contribution in [2.24, 2.45) is 9.98 Å². The number of aliphatic imine (C=N–C) groups is 2. The van der Waals surface area contributed by atoms with Crippen molar-refractivity contribution in [2.75, 3.05) is 26.2 Å². The molecule has 0 aromatic heterocycles. The van der Waals surface area contributed by atoms with Gasteiger partial charge in [0.15, 0.2) is 0 Å². The van der Waals surface area contributed by atoms with E-state index in [4.69, 9.17) is 0 Å². The fourth-order valence-corrected chi connectivity index (χ4v) is 1.79. The molecule has 1 aliphatic heterocycles. The Morgan fingerprint density at radius 2 is 1.17 bits per heavy atom. The molecule has 0 fully saturated rings. The quantitative estimate of drug-likeness (QED) is 0.688. The maximum Gasteiger partial charge on any atom is 0.0565 e. The summed E-state index contributed by atoms with van der Waals surface area (Å²) in [5.41, 5.74) is 4.39. The summed E-state index contributed by atoms with van der Waals surface area (Å²) in [6.07, 6.45) is 4.15. The molecule has 4 heteroatoms. The first-order chi connectivity index (χ1) is 8.58. The lowest BCUT2D eigenvalue weighted by molar-refractivity contribution is 0.790. The molecule has 1 aliphatic rings. The average molecular weight is 248 g/mol. The zero-order chi connectivity index (χ0) is 13.4. The minimum Gasteiger partial charge on any atom is -0.387 e. The van der Waals surface area contributed by atoms with E-state index in [-0.39, 0.29) is 0 Å². The zero-order valence-corrected chi connectivity index (χ0v) is 11.9. The van der Waals surface area contributed by atoms with Gasteiger partial charge >= 0.3 is 0 Å². The van der Waals surface area contributed by atoms with E-state index in [9.17, 15) is 0 Å². The highest BCUT2D eigenvalue weighted by Crippen LogP contribution is 1.93. The number of hydrogen-bond donors (Lipinski definition) is 2. The van der Waals surface area contributed by atoms with Crippen LogP contribution in [0.5, 0.6) is 0 Å². The van der Waals surface area contributed by atoms with E-state index in [1.807, 2.05) is 13.8 Å². The van der Waals surface area contributed by atoms with Gasteiger partial charge in [0.2, 0.25) is 0 Å². The molecule has 0 amide bonds. The summed E-state index contributed by atoms with van der Waals surface area (Å²) in [5, 5.41) is 6.67. The summed E-state index contributed by atoms with van der Waals surface area (Å²) in [5.74, 6) is 0. The highest BCUT2D eigenvalue weighted by molar-refractivity contribution is 5.93. The van der Waals surface area contributed by atoms with Crippen molar-refractivity contribution in [1.29, 1.82) is 0 Å². The van der Waals surface area contributed by atoms with E-state index in [2.05, 4.69) is 46.6 Å². The highest BCUT2D eigenvalue weighted by Gasteiger charge is 1.94. The smallest absolute Gasteiger partial charge is 0.0565 e. The minimum absolute atomic E-state index is 0.789. The lowest BCUT2D eigenvalue weighted by Gasteiger charge is -2.08. The van der Waals surface area contributed by atoms with Crippen LogP contribution in [0.3, 0.4) is 0 Å². The number of nitrogens with one attached hydrogen (secondary N) is 2. The molecule has 2 N–H and O–H groups in total. The summed E-state index contributed by atoms with van der Waals surface area (Å²) in [6, 6.07) is 0. The van der Waals surface area contributed by atoms with Crippen LogP contribution in [0, 0.1) is 0 Å². The molecule has 100 valence electrons. The van der Waals surface area contributed by atoms with Crippen LogP contribution in [-0.2, 0) is 0 Å². The molecule has 1 rings (SSSR count). The van der Waals surface area contributed by atoms with Gasteiger partial charge in [-0.2, -0.15) is 0 Å². The van der Waals surface area contributed by atoms with Crippen molar-refractivity contribution >= 4 is 11.4 Å². The number of nitrogens with zero attached hydrogens (tertiary/aromatic N) is 2. The second-order valence-electron chi connectivity index (χ2n) is 4.55. The lowest BCUT2D eigenvalue weighted by Crippen LogP contribution is -2.19. The molecule has 0 unspecified atom stereocenters. The molecule has 0 atom stereocenters. The summed E-state index contributed by atoms with van der Waals surface area (Å²) < 4.78 is 0. The molecule has 0 saturated heterocycles. The van der Waals surface area contributed by atoms with E-state index in [1.165, 1.54) is 0 Å². The molecule has 0 bridgehead atoms. The summed E-state index contributed by atoms with van der Waals surface area (Å²) in [6.45, 7) is 11.5. The third-order valence-corrected chi connectivity index (χ3v) is 2.60. The molecule has 0 spiro atoms. The number of allylic oxidation sites excluding steroid dienone is 4. The predicted octanol–water partition coefficient (Wildman–Crippen LogP) is 1.91. The average Bonchev–Trinajstić information content (AvgIpc) is 2.29. The molecule has 0 saturated carbocycles. The first kappa shape index (κ1) is 14.5. The zero-order valence-electron chi connectivity index (χ0n) is 11.9. The third kappa shape index (κ3) is 6.23. The molecule has 4 nitrogen and oxygen atoms in total. The lowest BCUT2D eigenvalue weighted by atomic mass is 10.3. The van der Waals surface area contributed by atoms with Crippen LogP contribution < -0.4 is 10.6 Å². The van der Waals surface area contributed by atoms with Gasteiger partial charge in [-0.15, -0.1) is 0 Å². The van der Waals surface area contributed by atoms with Crippen molar-refractivity contribution in [1.82, 2.24) is 10.6 Å². The molecular weight excluding hydrogens is 224 g/mol. The van der Waals surface area contributed by atoms with Crippen LogP contribution in [0.2, 0.25) is 0 Å². The van der Waals surface area contributed by atoms with Gasteiger partial charge in [0.25, 0.3) is 0 Å². The van der Waals surface area contributed by atoms with Crippen LogP contribution in [0.4, 0.5) is 0 Å².